The molecule has 0 unspecified atom stereocenters. The van der Waals surface area contributed by atoms with E-state index in [9.17, 15) is 0 Å². The van der Waals surface area contributed by atoms with Gasteiger partial charge < -0.3 is 0 Å². The summed E-state index contributed by atoms with van der Waals surface area (Å²) in [5, 5.41) is 0.846. The molecule has 0 atom stereocenters. The molecule has 1 aromatic carbocycles. The highest BCUT2D eigenvalue weighted by Crippen LogP contribution is 2.37. The van der Waals surface area contributed by atoms with Gasteiger partial charge in [-0.3, -0.25) is 0 Å². The van der Waals surface area contributed by atoms with Crippen LogP contribution in [0, 0.1) is 6.92 Å². The smallest absolute Gasteiger partial charge is 0.0110 e. The van der Waals surface area contributed by atoms with Crippen molar-refractivity contribution >= 4 is 17.3 Å². The predicted octanol–water partition coefficient (Wildman–Crippen LogP) is 5.06. The van der Waals surface area contributed by atoms with Crippen LogP contribution in [0.3, 0.4) is 0 Å². The molecule has 0 aliphatic heterocycles. The summed E-state index contributed by atoms with van der Waals surface area (Å²) in [4.78, 5) is 1.45. The molecule has 0 saturated heterocycles. The van der Waals surface area contributed by atoms with Gasteiger partial charge in [-0.05, 0) is 43.9 Å². The van der Waals surface area contributed by atoms with E-state index in [4.69, 9.17) is 0 Å². The molecule has 1 aliphatic carbocycles. The van der Waals surface area contributed by atoms with Crippen LogP contribution in [0.15, 0.2) is 29.7 Å². The van der Waals surface area contributed by atoms with Crippen molar-refractivity contribution in [3.63, 3.8) is 0 Å². The Balaban J connectivity index is 2.17. The molecule has 0 amide bonds. The van der Waals surface area contributed by atoms with Crippen molar-refractivity contribution in [3.8, 4) is 0 Å². The molecule has 1 saturated carbocycles. The van der Waals surface area contributed by atoms with Gasteiger partial charge in [0.25, 0.3) is 0 Å². The second-order valence-corrected chi connectivity index (χ2v) is 6.13. The minimum atomic E-state index is 0.846. The van der Waals surface area contributed by atoms with E-state index in [1.54, 1.807) is 0 Å². The summed E-state index contributed by atoms with van der Waals surface area (Å²) in [7, 11) is 0. The lowest BCUT2D eigenvalue weighted by Crippen LogP contribution is -1.95. The maximum Gasteiger partial charge on any atom is 0.0110 e. The van der Waals surface area contributed by atoms with Gasteiger partial charge in [0.15, 0.2) is 0 Å². The first-order valence-electron chi connectivity index (χ1n) is 6.10. The number of rotatable bonds is 3. The largest absolute Gasteiger partial charge is 0.122 e. The summed E-state index contributed by atoms with van der Waals surface area (Å²) >= 11 is 2.07. The Morgan fingerprint density at radius 1 is 1.31 bits per heavy atom. The fraction of sp³-hybridized carbons (Fsp3) is 0.467. The van der Waals surface area contributed by atoms with Gasteiger partial charge in [0.05, 0.1) is 0 Å². The van der Waals surface area contributed by atoms with Crippen molar-refractivity contribution in [1.29, 1.82) is 0 Å². The van der Waals surface area contributed by atoms with E-state index < -0.39 is 0 Å². The average Bonchev–Trinajstić information content (AvgIpc) is 2.73. The van der Waals surface area contributed by atoms with E-state index in [-0.39, 0.29) is 0 Å². The lowest BCUT2D eigenvalue weighted by Gasteiger charge is -2.12. The normalized spacial score (nSPS) is 16.6. The SMILES string of the molecule is C=C(C)c1ccc(C)c(SC2CCCC2)c1. The molecule has 0 N–H and O–H groups in total. The van der Waals surface area contributed by atoms with Crippen LogP contribution < -0.4 is 0 Å². The molecule has 1 aliphatic rings. The van der Waals surface area contributed by atoms with Gasteiger partial charge in [-0.2, -0.15) is 0 Å². The first kappa shape index (κ1) is 11.8. The number of thioether (sulfide) groups is 1. The Kier molecular flexibility index (Phi) is 3.75. The quantitative estimate of drug-likeness (QED) is 0.701. The van der Waals surface area contributed by atoms with Crippen molar-refractivity contribution in [2.75, 3.05) is 0 Å². The summed E-state index contributed by atoms with van der Waals surface area (Å²) in [6, 6.07) is 6.71. The first-order valence-corrected chi connectivity index (χ1v) is 6.98. The maximum absolute atomic E-state index is 4.02. The van der Waals surface area contributed by atoms with E-state index in [0.29, 0.717) is 0 Å². The van der Waals surface area contributed by atoms with Crippen molar-refractivity contribution in [2.24, 2.45) is 0 Å². The number of benzene rings is 1. The van der Waals surface area contributed by atoms with Gasteiger partial charge in [-0.25, -0.2) is 0 Å². The molecule has 0 nitrogen and oxygen atoms in total. The molecule has 0 radical (unpaired) electrons. The fourth-order valence-corrected chi connectivity index (χ4v) is 3.56. The van der Waals surface area contributed by atoms with Crippen LogP contribution in [0.5, 0.6) is 0 Å². The highest BCUT2D eigenvalue weighted by molar-refractivity contribution is 8.00. The Hall–Kier alpha value is -0.690. The molecule has 16 heavy (non-hydrogen) atoms. The lowest BCUT2D eigenvalue weighted by molar-refractivity contribution is 0.886. The summed E-state index contributed by atoms with van der Waals surface area (Å²) in [6.07, 6.45) is 5.61. The Morgan fingerprint density at radius 3 is 2.62 bits per heavy atom. The summed E-state index contributed by atoms with van der Waals surface area (Å²) in [5.41, 5.74) is 3.85. The van der Waals surface area contributed by atoms with Crippen LogP contribution in [0.4, 0.5) is 0 Å². The monoisotopic (exact) mass is 232 g/mol. The number of hydrogen-bond donors (Lipinski definition) is 0. The van der Waals surface area contributed by atoms with Gasteiger partial charge in [-0.1, -0.05) is 37.1 Å². The molecule has 0 spiro atoms. The van der Waals surface area contributed by atoms with E-state index in [0.717, 1.165) is 10.8 Å². The third-order valence-electron chi connectivity index (χ3n) is 3.28. The number of allylic oxidation sites excluding steroid dienone is 1. The Labute approximate surface area is 103 Å². The first-order chi connectivity index (χ1) is 7.66. The summed E-state index contributed by atoms with van der Waals surface area (Å²) in [6.45, 7) is 8.30. The zero-order chi connectivity index (χ0) is 11.5. The average molecular weight is 232 g/mol. The molecule has 86 valence electrons. The van der Waals surface area contributed by atoms with Crippen molar-refractivity contribution < 1.29 is 0 Å². The zero-order valence-corrected chi connectivity index (χ0v) is 11.1. The Morgan fingerprint density at radius 2 is 2.00 bits per heavy atom. The van der Waals surface area contributed by atoms with Gasteiger partial charge in [0, 0.05) is 10.1 Å². The second-order valence-electron chi connectivity index (χ2n) is 4.78. The van der Waals surface area contributed by atoms with Crippen molar-refractivity contribution in [3.05, 3.63) is 35.9 Å². The van der Waals surface area contributed by atoms with Crippen molar-refractivity contribution in [2.45, 2.75) is 49.7 Å². The van der Waals surface area contributed by atoms with E-state index in [2.05, 4.69) is 50.4 Å². The summed E-state index contributed by atoms with van der Waals surface area (Å²) < 4.78 is 0. The molecular formula is C15H20S. The highest BCUT2D eigenvalue weighted by Gasteiger charge is 2.17. The molecule has 0 heterocycles. The lowest BCUT2D eigenvalue weighted by atomic mass is 10.1. The molecule has 1 fully saturated rings. The molecule has 0 bridgehead atoms. The zero-order valence-electron chi connectivity index (χ0n) is 10.3. The highest BCUT2D eigenvalue weighted by atomic mass is 32.2. The number of hydrogen-bond acceptors (Lipinski definition) is 1. The standard InChI is InChI=1S/C15H20S/c1-11(2)13-9-8-12(3)15(10-13)16-14-6-4-5-7-14/h8-10,14H,1,4-7H2,2-3H3. The minimum absolute atomic E-state index is 0.846. The van der Waals surface area contributed by atoms with E-state index in [1.165, 1.54) is 41.7 Å². The van der Waals surface area contributed by atoms with E-state index in [1.807, 2.05) is 0 Å². The van der Waals surface area contributed by atoms with Gasteiger partial charge in [-0.15, -0.1) is 11.8 Å². The molecule has 1 aromatic rings. The van der Waals surface area contributed by atoms with Crippen LogP contribution in [0.1, 0.15) is 43.7 Å². The van der Waals surface area contributed by atoms with E-state index >= 15 is 0 Å². The van der Waals surface area contributed by atoms with Crippen LogP contribution in [-0.2, 0) is 0 Å². The Bertz CT molecular complexity index is 386. The van der Waals surface area contributed by atoms with Crippen molar-refractivity contribution in [1.82, 2.24) is 0 Å². The van der Waals surface area contributed by atoms with Crippen LogP contribution in [0.2, 0.25) is 0 Å². The molecular weight excluding hydrogens is 212 g/mol. The summed E-state index contributed by atoms with van der Waals surface area (Å²) in [5.74, 6) is 0. The number of aryl methyl sites for hydroxylation is 1. The predicted molar refractivity (Wildman–Crippen MR) is 74.0 cm³/mol. The van der Waals surface area contributed by atoms with Crippen LogP contribution in [0.25, 0.3) is 5.57 Å². The molecule has 0 aromatic heterocycles. The minimum Gasteiger partial charge on any atom is -0.122 e. The topological polar surface area (TPSA) is 0 Å². The fourth-order valence-electron chi connectivity index (χ4n) is 2.18. The maximum atomic E-state index is 4.02. The van der Waals surface area contributed by atoms with Gasteiger partial charge in [0.1, 0.15) is 0 Å². The molecule has 1 heteroatoms. The van der Waals surface area contributed by atoms with Crippen LogP contribution in [-0.4, -0.2) is 5.25 Å². The molecule has 2 rings (SSSR count). The third kappa shape index (κ3) is 2.70. The van der Waals surface area contributed by atoms with Gasteiger partial charge >= 0.3 is 0 Å². The third-order valence-corrected chi connectivity index (χ3v) is 4.78. The second kappa shape index (κ2) is 5.09. The van der Waals surface area contributed by atoms with Gasteiger partial charge in [0.2, 0.25) is 0 Å². The van der Waals surface area contributed by atoms with Crippen LogP contribution >= 0.6 is 11.8 Å².